The van der Waals surface area contributed by atoms with Crippen LogP contribution in [0.5, 0.6) is 17.2 Å². The number of hydrogen-bond donors (Lipinski definition) is 1. The van der Waals surface area contributed by atoms with Gasteiger partial charge in [-0.3, -0.25) is 4.90 Å². The van der Waals surface area contributed by atoms with Crippen molar-refractivity contribution >= 4 is 30.5 Å². The molecular formula is C30H40Cl2N2O3. The number of ether oxygens (including phenoxy) is 2. The molecule has 37 heavy (non-hydrogen) atoms. The first-order valence-electron chi connectivity index (χ1n) is 12.6. The number of rotatable bonds is 10. The van der Waals surface area contributed by atoms with E-state index in [1.165, 1.54) is 5.56 Å². The van der Waals surface area contributed by atoms with Gasteiger partial charge in [-0.15, -0.1) is 24.8 Å². The molecule has 0 radical (unpaired) electrons. The molecule has 1 saturated heterocycles. The van der Waals surface area contributed by atoms with E-state index in [0.29, 0.717) is 0 Å². The van der Waals surface area contributed by atoms with Crippen molar-refractivity contribution in [3.63, 3.8) is 0 Å². The van der Waals surface area contributed by atoms with Gasteiger partial charge in [-0.2, -0.15) is 0 Å². The predicted octanol–water partition coefficient (Wildman–Crippen LogP) is 6.96. The van der Waals surface area contributed by atoms with Crippen molar-refractivity contribution in [2.24, 2.45) is 0 Å². The van der Waals surface area contributed by atoms with Gasteiger partial charge >= 0.3 is 0 Å². The molecule has 0 atom stereocenters. The maximum atomic E-state index is 11.2. The highest BCUT2D eigenvalue weighted by Gasteiger charge is 2.32. The second kappa shape index (κ2) is 14.5. The number of anilines is 1. The van der Waals surface area contributed by atoms with Gasteiger partial charge in [0, 0.05) is 38.9 Å². The zero-order valence-electron chi connectivity index (χ0n) is 22.0. The third-order valence-corrected chi connectivity index (χ3v) is 6.66. The van der Waals surface area contributed by atoms with E-state index in [0.717, 1.165) is 68.4 Å². The fraction of sp³-hybridized carbons (Fsp3) is 0.400. The molecule has 0 aromatic heterocycles. The van der Waals surface area contributed by atoms with Crippen LogP contribution in [-0.4, -0.2) is 48.4 Å². The molecule has 202 valence electrons. The maximum Gasteiger partial charge on any atom is 0.127 e. The van der Waals surface area contributed by atoms with Crippen molar-refractivity contribution in [3.8, 4) is 17.2 Å². The minimum absolute atomic E-state index is 0. The van der Waals surface area contributed by atoms with Gasteiger partial charge in [0.25, 0.3) is 0 Å². The summed E-state index contributed by atoms with van der Waals surface area (Å²) in [4.78, 5) is 4.64. The molecule has 0 saturated carbocycles. The summed E-state index contributed by atoms with van der Waals surface area (Å²) < 4.78 is 11.6. The number of hydrogen-bond acceptors (Lipinski definition) is 5. The number of halogens is 2. The monoisotopic (exact) mass is 546 g/mol. The lowest BCUT2D eigenvalue weighted by molar-refractivity contribution is -0.0275. The Kier molecular flexibility index (Phi) is 12.1. The summed E-state index contributed by atoms with van der Waals surface area (Å²) >= 11 is 0. The third kappa shape index (κ3) is 9.42. The number of piperidine rings is 1. The van der Waals surface area contributed by atoms with Crippen molar-refractivity contribution in [2.45, 2.75) is 51.4 Å². The highest BCUT2D eigenvalue weighted by atomic mass is 35.5. The van der Waals surface area contributed by atoms with Crippen LogP contribution in [-0.2, 0) is 6.54 Å². The van der Waals surface area contributed by atoms with Crippen LogP contribution in [0.25, 0.3) is 0 Å². The van der Waals surface area contributed by atoms with Gasteiger partial charge in [0.15, 0.2) is 0 Å². The SMILES string of the molecule is CC(C)Oc1ccc(N(C)CCC2(O)CCN(Cc3ccc(Oc4ccccc4)cc3)CC2)cc1.Cl.Cl. The van der Waals surface area contributed by atoms with E-state index in [1.54, 1.807) is 0 Å². The van der Waals surface area contributed by atoms with Crippen LogP contribution >= 0.6 is 24.8 Å². The van der Waals surface area contributed by atoms with Crippen LogP contribution in [0.1, 0.15) is 38.7 Å². The number of aliphatic hydroxyl groups is 1. The highest BCUT2D eigenvalue weighted by molar-refractivity contribution is 5.85. The summed E-state index contributed by atoms with van der Waals surface area (Å²) in [7, 11) is 2.09. The summed E-state index contributed by atoms with van der Waals surface area (Å²) in [5.74, 6) is 2.58. The summed E-state index contributed by atoms with van der Waals surface area (Å²) in [5, 5.41) is 11.2. The zero-order valence-corrected chi connectivity index (χ0v) is 23.6. The molecule has 0 bridgehead atoms. The smallest absolute Gasteiger partial charge is 0.127 e. The van der Waals surface area contributed by atoms with Crippen LogP contribution in [0.15, 0.2) is 78.9 Å². The van der Waals surface area contributed by atoms with Crippen molar-refractivity contribution < 1.29 is 14.6 Å². The number of para-hydroxylation sites is 1. The quantitative estimate of drug-likeness (QED) is 0.297. The first kappa shape index (κ1) is 30.8. The predicted molar refractivity (Wildman–Crippen MR) is 157 cm³/mol. The molecule has 4 rings (SSSR count). The van der Waals surface area contributed by atoms with Crippen molar-refractivity contribution in [1.82, 2.24) is 4.90 Å². The van der Waals surface area contributed by atoms with E-state index in [9.17, 15) is 5.11 Å². The minimum atomic E-state index is -0.598. The normalized spacial score (nSPS) is 14.8. The first-order valence-corrected chi connectivity index (χ1v) is 12.6. The fourth-order valence-corrected chi connectivity index (χ4v) is 4.48. The fourth-order valence-electron chi connectivity index (χ4n) is 4.48. The molecule has 0 unspecified atom stereocenters. The molecule has 1 fully saturated rings. The third-order valence-electron chi connectivity index (χ3n) is 6.66. The highest BCUT2D eigenvalue weighted by Crippen LogP contribution is 2.29. The number of likely N-dealkylation sites (tertiary alicyclic amines) is 1. The largest absolute Gasteiger partial charge is 0.491 e. The van der Waals surface area contributed by atoms with Crippen LogP contribution < -0.4 is 14.4 Å². The van der Waals surface area contributed by atoms with Crippen LogP contribution in [0.4, 0.5) is 5.69 Å². The lowest BCUT2D eigenvalue weighted by Gasteiger charge is -2.39. The second-order valence-corrected chi connectivity index (χ2v) is 9.89. The van der Waals surface area contributed by atoms with Gasteiger partial charge in [0.1, 0.15) is 17.2 Å². The summed E-state index contributed by atoms with van der Waals surface area (Å²) in [6.07, 6.45) is 2.55. The number of nitrogens with zero attached hydrogens (tertiary/aromatic N) is 2. The Bertz CT molecular complexity index is 1040. The molecule has 1 heterocycles. The molecule has 7 heteroatoms. The summed E-state index contributed by atoms with van der Waals surface area (Å²) in [5.41, 5.74) is 1.81. The summed E-state index contributed by atoms with van der Waals surface area (Å²) in [6.45, 7) is 7.59. The van der Waals surface area contributed by atoms with E-state index in [-0.39, 0.29) is 30.9 Å². The van der Waals surface area contributed by atoms with E-state index in [4.69, 9.17) is 9.47 Å². The van der Waals surface area contributed by atoms with E-state index < -0.39 is 5.60 Å². The number of benzene rings is 3. The summed E-state index contributed by atoms with van der Waals surface area (Å²) in [6, 6.07) is 26.4. The Hall–Kier alpha value is -2.44. The Morgan fingerprint density at radius 1 is 0.838 bits per heavy atom. The van der Waals surface area contributed by atoms with Crippen molar-refractivity contribution in [3.05, 3.63) is 84.4 Å². The van der Waals surface area contributed by atoms with Crippen LogP contribution in [0, 0.1) is 0 Å². The molecule has 1 aliphatic rings. The Labute approximate surface area is 234 Å². The zero-order chi connectivity index (χ0) is 24.7. The molecule has 0 amide bonds. The lowest BCUT2D eigenvalue weighted by Crippen LogP contribution is -2.45. The Balaban J connectivity index is 0.00000241. The molecule has 5 nitrogen and oxygen atoms in total. The molecule has 3 aromatic rings. The molecule has 3 aromatic carbocycles. The topological polar surface area (TPSA) is 45.2 Å². The van der Waals surface area contributed by atoms with Crippen molar-refractivity contribution in [2.75, 3.05) is 31.6 Å². The minimum Gasteiger partial charge on any atom is -0.491 e. The van der Waals surface area contributed by atoms with Crippen molar-refractivity contribution in [1.29, 1.82) is 0 Å². The maximum absolute atomic E-state index is 11.2. The second-order valence-electron chi connectivity index (χ2n) is 9.89. The van der Waals surface area contributed by atoms with Gasteiger partial charge in [0.05, 0.1) is 11.7 Å². The average Bonchev–Trinajstić information content (AvgIpc) is 2.86. The Morgan fingerprint density at radius 3 is 2.00 bits per heavy atom. The lowest BCUT2D eigenvalue weighted by atomic mass is 9.88. The standard InChI is InChI=1S/C30H38N2O3.2ClH/c1-24(2)34-28-15-11-26(12-16-28)31(3)20-17-30(33)18-21-32(22-19-30)23-25-9-13-29(14-10-25)35-27-7-5-4-6-8-27;;/h4-16,24,33H,17-23H2,1-3H3;2*1H. The molecule has 0 spiro atoms. The molecule has 1 N–H and O–H groups in total. The van der Waals surface area contributed by atoms with Gasteiger partial charge in [-0.1, -0.05) is 30.3 Å². The van der Waals surface area contributed by atoms with E-state index >= 15 is 0 Å². The van der Waals surface area contributed by atoms with Crippen LogP contribution in [0.3, 0.4) is 0 Å². The van der Waals surface area contributed by atoms with Gasteiger partial charge in [-0.05, 0) is 87.2 Å². The Morgan fingerprint density at radius 2 is 1.41 bits per heavy atom. The molecular weight excluding hydrogens is 507 g/mol. The first-order chi connectivity index (χ1) is 16.9. The van der Waals surface area contributed by atoms with Gasteiger partial charge in [-0.25, -0.2) is 0 Å². The van der Waals surface area contributed by atoms with Gasteiger partial charge < -0.3 is 19.5 Å². The van der Waals surface area contributed by atoms with E-state index in [2.05, 4.69) is 41.1 Å². The van der Waals surface area contributed by atoms with Gasteiger partial charge in [0.2, 0.25) is 0 Å². The average molecular weight is 548 g/mol. The van der Waals surface area contributed by atoms with Crippen LogP contribution in [0.2, 0.25) is 0 Å². The molecule has 0 aliphatic carbocycles. The van der Waals surface area contributed by atoms with E-state index in [1.807, 2.05) is 68.4 Å². The molecule has 1 aliphatic heterocycles.